The number of carbonyl (C=O) groups is 2. The van der Waals surface area contributed by atoms with Gasteiger partial charge in [-0.1, -0.05) is 98.2 Å². The molecule has 3 aromatic rings. The second-order valence-electron chi connectivity index (χ2n) is 8.60. The minimum absolute atomic E-state index is 0.117. The van der Waals surface area contributed by atoms with Crippen molar-refractivity contribution >= 4 is 23.4 Å². The molecule has 0 fully saturated rings. The molecule has 4 nitrogen and oxygen atoms in total. The molecule has 1 N–H and O–H groups in total. The molecular weight excluding hydrogens is 432 g/mol. The number of hydrogen-bond donors (Lipinski definition) is 1. The van der Waals surface area contributed by atoms with Crippen LogP contribution >= 0.6 is 11.6 Å². The predicted octanol–water partition coefficient (Wildman–Crippen LogP) is 5.81. The van der Waals surface area contributed by atoms with Gasteiger partial charge < -0.3 is 10.2 Å². The molecule has 0 saturated heterocycles. The molecule has 0 aliphatic heterocycles. The number of amides is 2. The molecule has 0 bridgehead atoms. The highest BCUT2D eigenvalue weighted by molar-refractivity contribution is 6.30. The number of nitrogens with zero attached hydrogens (tertiary/aromatic N) is 1. The van der Waals surface area contributed by atoms with Gasteiger partial charge in [-0.25, -0.2) is 0 Å². The van der Waals surface area contributed by atoms with Crippen LogP contribution in [0.25, 0.3) is 0 Å². The minimum Gasteiger partial charge on any atom is -0.354 e. The summed E-state index contributed by atoms with van der Waals surface area (Å²) in [6.45, 7) is 5.16. The van der Waals surface area contributed by atoms with Gasteiger partial charge in [-0.2, -0.15) is 0 Å². The molecule has 0 heterocycles. The van der Waals surface area contributed by atoms with Crippen LogP contribution in [0.1, 0.15) is 43.0 Å². The number of nitrogens with one attached hydrogen (secondary N) is 1. The lowest BCUT2D eigenvalue weighted by Gasteiger charge is -2.32. The van der Waals surface area contributed by atoms with E-state index in [1.165, 1.54) is 0 Å². The Morgan fingerprint density at radius 3 is 2.06 bits per heavy atom. The van der Waals surface area contributed by atoms with Crippen molar-refractivity contribution < 1.29 is 9.59 Å². The Kier molecular flexibility index (Phi) is 9.08. The summed E-state index contributed by atoms with van der Waals surface area (Å²) in [5.74, 6) is 0.198. The molecule has 5 heteroatoms. The molecule has 172 valence electrons. The van der Waals surface area contributed by atoms with E-state index in [1.807, 2.05) is 72.8 Å². The lowest BCUT2D eigenvalue weighted by molar-refractivity contribution is -0.141. The molecule has 0 spiro atoms. The molecular formula is C28H31ClN2O2. The third-order valence-electron chi connectivity index (χ3n) is 5.48. The van der Waals surface area contributed by atoms with E-state index in [0.717, 1.165) is 23.1 Å². The van der Waals surface area contributed by atoms with Crippen LogP contribution in [0.4, 0.5) is 0 Å². The van der Waals surface area contributed by atoms with Crippen molar-refractivity contribution in [3.05, 3.63) is 107 Å². The molecule has 3 rings (SSSR count). The molecule has 0 saturated carbocycles. The van der Waals surface area contributed by atoms with Gasteiger partial charge in [-0.3, -0.25) is 9.59 Å². The van der Waals surface area contributed by atoms with Crippen molar-refractivity contribution in [2.45, 2.75) is 39.3 Å². The Hall–Kier alpha value is -3.11. The Morgan fingerprint density at radius 1 is 0.848 bits per heavy atom. The van der Waals surface area contributed by atoms with E-state index in [-0.39, 0.29) is 18.2 Å². The average Bonchev–Trinajstić information content (AvgIpc) is 2.81. The number of benzene rings is 3. The highest BCUT2D eigenvalue weighted by Crippen LogP contribution is 2.25. The monoisotopic (exact) mass is 462 g/mol. The number of rotatable bonds is 10. The van der Waals surface area contributed by atoms with Gasteiger partial charge in [0.25, 0.3) is 0 Å². The maximum atomic E-state index is 13.6. The van der Waals surface area contributed by atoms with E-state index < -0.39 is 6.04 Å². The fraction of sp³-hybridized carbons (Fsp3) is 0.286. The first-order chi connectivity index (χ1) is 15.9. The summed E-state index contributed by atoms with van der Waals surface area (Å²) < 4.78 is 0. The quantitative estimate of drug-likeness (QED) is 0.413. The predicted molar refractivity (Wildman–Crippen MR) is 134 cm³/mol. The van der Waals surface area contributed by atoms with Crippen LogP contribution in [0, 0.1) is 5.92 Å². The van der Waals surface area contributed by atoms with Gasteiger partial charge in [0.1, 0.15) is 6.04 Å². The number of carbonyl (C=O) groups excluding carboxylic acids is 2. The van der Waals surface area contributed by atoms with Crippen molar-refractivity contribution in [2.75, 3.05) is 6.54 Å². The Labute approximate surface area is 201 Å². The fourth-order valence-electron chi connectivity index (χ4n) is 3.67. The topological polar surface area (TPSA) is 49.4 Å². The van der Waals surface area contributed by atoms with Gasteiger partial charge in [0.05, 0.1) is 6.42 Å². The van der Waals surface area contributed by atoms with Gasteiger partial charge in [0, 0.05) is 18.1 Å². The summed E-state index contributed by atoms with van der Waals surface area (Å²) in [7, 11) is 0. The highest BCUT2D eigenvalue weighted by atomic mass is 35.5. The fourth-order valence-corrected chi connectivity index (χ4v) is 3.80. The largest absolute Gasteiger partial charge is 0.354 e. The second kappa shape index (κ2) is 12.2. The van der Waals surface area contributed by atoms with E-state index in [0.29, 0.717) is 24.0 Å². The van der Waals surface area contributed by atoms with Crippen molar-refractivity contribution in [3.63, 3.8) is 0 Å². The Bertz CT molecular complexity index is 1020. The standard InChI is InChI=1S/C28H31ClN2O2/c1-21(2)17-18-30-28(33)27(24-11-7-4-8-12-24)31(20-23-9-5-3-6-10-23)26(32)19-22-13-15-25(29)16-14-22/h3-16,21,27H,17-20H2,1-2H3,(H,30,33). The van der Waals surface area contributed by atoms with E-state index in [4.69, 9.17) is 11.6 Å². The maximum absolute atomic E-state index is 13.6. The van der Waals surface area contributed by atoms with E-state index in [9.17, 15) is 9.59 Å². The zero-order valence-electron chi connectivity index (χ0n) is 19.2. The van der Waals surface area contributed by atoms with Crippen LogP contribution in [-0.4, -0.2) is 23.3 Å². The minimum atomic E-state index is -0.724. The van der Waals surface area contributed by atoms with E-state index in [2.05, 4.69) is 19.2 Å². The third-order valence-corrected chi connectivity index (χ3v) is 5.73. The van der Waals surface area contributed by atoms with Gasteiger partial charge in [-0.15, -0.1) is 0 Å². The van der Waals surface area contributed by atoms with Crippen LogP contribution in [0.2, 0.25) is 5.02 Å². The highest BCUT2D eigenvalue weighted by Gasteiger charge is 2.31. The van der Waals surface area contributed by atoms with Crippen LogP contribution in [0.5, 0.6) is 0 Å². The number of halogens is 1. The van der Waals surface area contributed by atoms with Crippen LogP contribution < -0.4 is 5.32 Å². The van der Waals surface area contributed by atoms with Crippen LogP contribution in [0.3, 0.4) is 0 Å². The van der Waals surface area contributed by atoms with Crippen molar-refractivity contribution in [2.24, 2.45) is 5.92 Å². The first-order valence-electron chi connectivity index (χ1n) is 11.3. The summed E-state index contributed by atoms with van der Waals surface area (Å²) >= 11 is 6.01. The molecule has 0 aliphatic carbocycles. The van der Waals surface area contributed by atoms with Crippen molar-refractivity contribution in [1.29, 1.82) is 0 Å². The maximum Gasteiger partial charge on any atom is 0.247 e. The zero-order chi connectivity index (χ0) is 23.6. The lowest BCUT2D eigenvalue weighted by atomic mass is 10.0. The number of hydrogen-bond acceptors (Lipinski definition) is 2. The van der Waals surface area contributed by atoms with Crippen LogP contribution in [-0.2, 0) is 22.6 Å². The van der Waals surface area contributed by atoms with E-state index in [1.54, 1.807) is 17.0 Å². The summed E-state index contributed by atoms with van der Waals surface area (Å²) in [6, 6.07) is 25.8. The summed E-state index contributed by atoms with van der Waals surface area (Å²) in [6.07, 6.45) is 1.07. The van der Waals surface area contributed by atoms with Crippen molar-refractivity contribution in [1.82, 2.24) is 10.2 Å². The van der Waals surface area contributed by atoms with Crippen LogP contribution in [0.15, 0.2) is 84.9 Å². The molecule has 0 aliphatic rings. The van der Waals surface area contributed by atoms with Gasteiger partial charge in [0.2, 0.25) is 11.8 Å². The molecule has 33 heavy (non-hydrogen) atoms. The van der Waals surface area contributed by atoms with Gasteiger partial charge in [-0.05, 0) is 41.2 Å². The summed E-state index contributed by atoms with van der Waals surface area (Å²) in [4.78, 5) is 28.7. The Morgan fingerprint density at radius 2 is 1.45 bits per heavy atom. The molecule has 1 atom stereocenters. The zero-order valence-corrected chi connectivity index (χ0v) is 20.0. The van der Waals surface area contributed by atoms with Crippen molar-refractivity contribution in [3.8, 4) is 0 Å². The average molecular weight is 463 g/mol. The first-order valence-corrected chi connectivity index (χ1v) is 11.7. The lowest BCUT2D eigenvalue weighted by Crippen LogP contribution is -2.44. The normalized spacial score (nSPS) is 11.8. The second-order valence-corrected chi connectivity index (χ2v) is 9.03. The Balaban J connectivity index is 1.93. The molecule has 3 aromatic carbocycles. The van der Waals surface area contributed by atoms with E-state index >= 15 is 0 Å². The third kappa shape index (κ3) is 7.47. The van der Waals surface area contributed by atoms with Gasteiger partial charge >= 0.3 is 0 Å². The molecule has 1 unspecified atom stereocenters. The molecule has 2 amide bonds. The SMILES string of the molecule is CC(C)CCNC(=O)C(c1ccccc1)N(Cc1ccccc1)C(=O)Cc1ccc(Cl)cc1. The smallest absolute Gasteiger partial charge is 0.247 e. The first kappa shape index (κ1) is 24.5. The van der Waals surface area contributed by atoms with Gasteiger partial charge in [0.15, 0.2) is 0 Å². The summed E-state index contributed by atoms with van der Waals surface area (Å²) in [5.41, 5.74) is 2.62. The molecule has 0 aromatic heterocycles. The molecule has 0 radical (unpaired) electrons. The summed E-state index contributed by atoms with van der Waals surface area (Å²) in [5, 5.41) is 3.68.